The van der Waals surface area contributed by atoms with E-state index in [-0.39, 0.29) is 11.6 Å². The van der Waals surface area contributed by atoms with Crippen molar-refractivity contribution in [3.8, 4) is 5.75 Å². The molecule has 0 spiro atoms. The largest absolute Gasteiger partial charge is 0.480 e. The van der Waals surface area contributed by atoms with Crippen molar-refractivity contribution in [1.29, 1.82) is 0 Å². The van der Waals surface area contributed by atoms with E-state index in [9.17, 15) is 4.39 Å². The Morgan fingerprint density at radius 2 is 1.19 bits per heavy atom. The van der Waals surface area contributed by atoms with Crippen LogP contribution in [0.5, 0.6) is 5.75 Å². The summed E-state index contributed by atoms with van der Waals surface area (Å²) in [6.45, 7) is 3.68. The molecule has 0 aromatic heterocycles. The average Bonchev–Trinajstić information content (AvgIpc) is 2.77. The molecule has 0 saturated carbocycles. The highest BCUT2D eigenvalue weighted by Crippen LogP contribution is 2.35. The Morgan fingerprint density at radius 1 is 0.645 bits per heavy atom. The van der Waals surface area contributed by atoms with E-state index in [1.807, 2.05) is 56.3 Å². The van der Waals surface area contributed by atoms with Crippen molar-refractivity contribution in [2.45, 2.75) is 34.1 Å². The van der Waals surface area contributed by atoms with Gasteiger partial charge in [-0.15, -0.1) is 0 Å². The number of ether oxygens (including phenoxy) is 1. The number of benzene rings is 4. The predicted molar refractivity (Wildman–Crippen MR) is 122 cm³/mol. The van der Waals surface area contributed by atoms with Gasteiger partial charge in [0, 0.05) is 6.07 Å². The smallest absolute Gasteiger partial charge is 0.170 e. The molecule has 4 heteroatoms. The van der Waals surface area contributed by atoms with Gasteiger partial charge in [-0.25, -0.2) is 8.78 Å². The maximum atomic E-state index is 15.2. The number of halogens is 2. The van der Waals surface area contributed by atoms with Gasteiger partial charge in [0.25, 0.3) is 0 Å². The van der Waals surface area contributed by atoms with Crippen LogP contribution in [-0.2, 0) is 16.5 Å². The topological polar surface area (TPSA) is 9.23 Å². The molecule has 1 nitrogen and oxygen atoms in total. The SMILES string of the molecule is CC(C)(Oc1ccc([S+](c2ccccc2)c2ccccc2)cc1F)c1ccc(F)cc1. The molecule has 0 aliphatic rings. The Bertz CT molecular complexity index is 1100. The van der Waals surface area contributed by atoms with Crippen molar-refractivity contribution >= 4 is 10.9 Å². The molecule has 31 heavy (non-hydrogen) atoms. The van der Waals surface area contributed by atoms with Crippen LogP contribution >= 0.6 is 0 Å². The number of hydrogen-bond acceptors (Lipinski definition) is 1. The minimum atomic E-state index is -0.809. The Morgan fingerprint density at radius 3 is 1.71 bits per heavy atom. The highest BCUT2D eigenvalue weighted by Gasteiger charge is 2.30. The molecule has 0 unspecified atom stereocenters. The lowest BCUT2D eigenvalue weighted by Gasteiger charge is -2.27. The highest BCUT2D eigenvalue weighted by atomic mass is 32.2. The first-order valence-electron chi connectivity index (χ1n) is 10.0. The van der Waals surface area contributed by atoms with E-state index in [2.05, 4.69) is 24.3 Å². The molecule has 0 radical (unpaired) electrons. The predicted octanol–water partition coefficient (Wildman–Crippen LogP) is 7.37. The van der Waals surface area contributed by atoms with Gasteiger partial charge in [0.05, 0.1) is 10.9 Å². The van der Waals surface area contributed by atoms with Gasteiger partial charge in [0.1, 0.15) is 11.4 Å². The van der Waals surface area contributed by atoms with E-state index in [4.69, 9.17) is 4.74 Å². The van der Waals surface area contributed by atoms with Crippen LogP contribution in [-0.4, -0.2) is 0 Å². The van der Waals surface area contributed by atoms with Crippen LogP contribution < -0.4 is 4.74 Å². The zero-order valence-electron chi connectivity index (χ0n) is 17.4. The zero-order valence-corrected chi connectivity index (χ0v) is 18.2. The average molecular weight is 434 g/mol. The molecular weight excluding hydrogens is 410 g/mol. The van der Waals surface area contributed by atoms with Gasteiger partial charge in [-0.05, 0) is 67.9 Å². The van der Waals surface area contributed by atoms with Gasteiger partial charge in [-0.1, -0.05) is 48.5 Å². The molecule has 0 amide bonds. The molecule has 0 saturated heterocycles. The third-order valence-electron chi connectivity index (χ3n) is 5.00. The number of rotatable bonds is 6. The lowest BCUT2D eigenvalue weighted by molar-refractivity contribution is 0.102. The summed E-state index contributed by atoms with van der Waals surface area (Å²) < 4.78 is 34.4. The standard InChI is InChI=1S/C27H23F2OS/c1-27(2,20-13-15-21(28)16-14-20)30-26-18-17-24(19-25(26)29)31(22-9-5-3-6-10-22)23-11-7-4-8-12-23/h3-19H,1-2H3/q+1. The zero-order chi connectivity index (χ0) is 21.8. The summed E-state index contributed by atoms with van der Waals surface area (Å²) in [7, 11) is -0.432. The second-order valence-electron chi connectivity index (χ2n) is 7.64. The molecular formula is C27H23F2OS+. The minimum absolute atomic E-state index is 0.169. The quantitative estimate of drug-likeness (QED) is 0.288. The summed E-state index contributed by atoms with van der Waals surface area (Å²) in [4.78, 5) is 3.11. The lowest BCUT2D eigenvalue weighted by Crippen LogP contribution is -2.25. The fourth-order valence-electron chi connectivity index (χ4n) is 3.40. The molecule has 0 bridgehead atoms. The molecule has 0 atom stereocenters. The molecule has 0 aliphatic heterocycles. The second kappa shape index (κ2) is 8.94. The summed E-state index contributed by atoms with van der Waals surface area (Å²) in [5.41, 5.74) is -0.0398. The van der Waals surface area contributed by atoms with Crippen LogP contribution in [0.2, 0.25) is 0 Å². The first-order valence-corrected chi connectivity index (χ1v) is 11.3. The van der Waals surface area contributed by atoms with Crippen molar-refractivity contribution < 1.29 is 13.5 Å². The van der Waals surface area contributed by atoms with Gasteiger partial charge >= 0.3 is 0 Å². The fraction of sp³-hybridized carbons (Fsp3) is 0.111. The Kier molecular flexibility index (Phi) is 6.10. The maximum absolute atomic E-state index is 15.2. The van der Waals surface area contributed by atoms with Crippen LogP contribution in [0.1, 0.15) is 19.4 Å². The lowest BCUT2D eigenvalue weighted by atomic mass is 9.98. The van der Waals surface area contributed by atoms with E-state index in [0.717, 1.165) is 20.2 Å². The first-order chi connectivity index (χ1) is 14.9. The van der Waals surface area contributed by atoms with Crippen molar-refractivity contribution in [3.05, 3.63) is 120 Å². The fourth-order valence-corrected chi connectivity index (χ4v) is 5.50. The maximum Gasteiger partial charge on any atom is 0.170 e. The molecule has 0 aliphatic carbocycles. The van der Waals surface area contributed by atoms with Gasteiger partial charge in [-0.3, -0.25) is 0 Å². The van der Waals surface area contributed by atoms with Gasteiger partial charge < -0.3 is 4.74 Å². The summed E-state index contributed by atoms with van der Waals surface area (Å²) in [5, 5.41) is 0. The van der Waals surface area contributed by atoms with Gasteiger partial charge in [-0.2, -0.15) is 0 Å². The van der Waals surface area contributed by atoms with E-state index < -0.39 is 22.3 Å². The third-order valence-corrected chi connectivity index (χ3v) is 7.21. The third kappa shape index (κ3) is 4.80. The van der Waals surface area contributed by atoms with Crippen molar-refractivity contribution in [3.63, 3.8) is 0 Å². The second-order valence-corrected chi connectivity index (χ2v) is 9.67. The van der Waals surface area contributed by atoms with E-state index in [1.165, 1.54) is 12.1 Å². The molecule has 156 valence electrons. The van der Waals surface area contributed by atoms with Crippen molar-refractivity contribution in [2.24, 2.45) is 0 Å². The van der Waals surface area contributed by atoms with Crippen molar-refractivity contribution in [2.75, 3.05) is 0 Å². The summed E-state index contributed by atoms with van der Waals surface area (Å²) in [6.07, 6.45) is 0. The molecule has 0 N–H and O–H groups in total. The molecule has 4 aromatic rings. The minimum Gasteiger partial charge on any atom is -0.480 e. The van der Waals surface area contributed by atoms with E-state index >= 15 is 4.39 Å². The van der Waals surface area contributed by atoms with Crippen LogP contribution in [0.25, 0.3) is 0 Å². The molecule has 4 aromatic carbocycles. The summed E-state index contributed by atoms with van der Waals surface area (Å²) >= 11 is 0. The Balaban J connectivity index is 1.67. The normalized spacial score (nSPS) is 11.5. The van der Waals surface area contributed by atoms with Crippen LogP contribution in [0, 0.1) is 11.6 Å². The summed E-state index contributed by atoms with van der Waals surface area (Å²) in [5.74, 6) is -0.566. The van der Waals surface area contributed by atoms with Crippen LogP contribution in [0.15, 0.2) is 118 Å². The van der Waals surface area contributed by atoms with E-state index in [0.29, 0.717) is 0 Å². The first kappa shape index (κ1) is 21.1. The monoisotopic (exact) mass is 433 g/mol. The van der Waals surface area contributed by atoms with Gasteiger partial charge in [0.15, 0.2) is 26.3 Å². The molecule has 0 heterocycles. The Hall–Kier alpha value is -3.11. The molecule has 4 rings (SSSR count). The molecule has 0 fully saturated rings. The van der Waals surface area contributed by atoms with E-state index in [1.54, 1.807) is 24.3 Å². The van der Waals surface area contributed by atoms with Crippen LogP contribution in [0.3, 0.4) is 0 Å². The number of hydrogen-bond donors (Lipinski definition) is 0. The van der Waals surface area contributed by atoms with Gasteiger partial charge in [0.2, 0.25) is 0 Å². The van der Waals surface area contributed by atoms with Crippen LogP contribution in [0.4, 0.5) is 8.78 Å². The Labute approximate surface area is 184 Å². The van der Waals surface area contributed by atoms with Crippen molar-refractivity contribution in [1.82, 2.24) is 0 Å². The summed E-state index contributed by atoms with van der Waals surface area (Å²) in [6, 6.07) is 31.4. The highest BCUT2D eigenvalue weighted by molar-refractivity contribution is 7.97.